The van der Waals surface area contributed by atoms with Crippen LogP contribution in [0.2, 0.25) is 0 Å². The molecule has 1 unspecified atom stereocenters. The molecular formula is C28H29N3O3. The highest BCUT2D eigenvalue weighted by atomic mass is 16.5. The summed E-state index contributed by atoms with van der Waals surface area (Å²) in [6, 6.07) is 25.2. The fourth-order valence-electron chi connectivity index (χ4n) is 4.25. The van der Waals surface area contributed by atoms with Gasteiger partial charge in [0.25, 0.3) is 0 Å². The van der Waals surface area contributed by atoms with Crippen molar-refractivity contribution in [3.05, 3.63) is 106 Å². The minimum atomic E-state index is -0.116. The Balaban J connectivity index is 1.55. The monoisotopic (exact) mass is 455 g/mol. The van der Waals surface area contributed by atoms with Crippen molar-refractivity contribution in [3.63, 3.8) is 0 Å². The summed E-state index contributed by atoms with van der Waals surface area (Å²) in [5, 5.41) is 4.88. The lowest BCUT2D eigenvalue weighted by Gasteiger charge is -2.30. The highest BCUT2D eigenvalue weighted by Gasteiger charge is 2.22. The molecule has 1 amide bonds. The molecule has 0 aliphatic rings. The van der Waals surface area contributed by atoms with E-state index in [9.17, 15) is 9.59 Å². The van der Waals surface area contributed by atoms with Crippen LogP contribution in [0.5, 0.6) is 5.75 Å². The highest BCUT2D eigenvalue weighted by molar-refractivity contribution is 5.79. The summed E-state index contributed by atoms with van der Waals surface area (Å²) < 4.78 is 7.26. The van der Waals surface area contributed by atoms with Crippen LogP contribution in [0.15, 0.2) is 89.9 Å². The predicted octanol–water partition coefficient (Wildman–Crippen LogP) is 4.46. The Hall–Kier alpha value is -3.93. The number of hydrogen-bond acceptors (Lipinski definition) is 4. The Morgan fingerprint density at radius 1 is 1.00 bits per heavy atom. The molecule has 174 valence electrons. The first-order valence-electron chi connectivity index (χ1n) is 11.5. The zero-order valence-corrected chi connectivity index (χ0v) is 19.6. The van der Waals surface area contributed by atoms with Gasteiger partial charge in [0.1, 0.15) is 5.75 Å². The summed E-state index contributed by atoms with van der Waals surface area (Å²) in [6.45, 7) is 2.99. The van der Waals surface area contributed by atoms with E-state index in [1.54, 1.807) is 17.9 Å². The second-order valence-corrected chi connectivity index (χ2v) is 8.37. The lowest BCUT2D eigenvalue weighted by molar-refractivity contribution is -0.134. The van der Waals surface area contributed by atoms with Crippen molar-refractivity contribution in [2.75, 3.05) is 7.11 Å². The second-order valence-electron chi connectivity index (χ2n) is 8.37. The average Bonchev–Trinajstić information content (AvgIpc) is 2.88. The number of methoxy groups -OCH3 is 1. The first-order chi connectivity index (χ1) is 16.6. The molecule has 0 saturated carbocycles. The molecule has 1 heterocycles. The molecular weight excluding hydrogens is 426 g/mol. The van der Waals surface area contributed by atoms with Gasteiger partial charge >= 0.3 is 0 Å². The average molecular weight is 456 g/mol. The van der Waals surface area contributed by atoms with E-state index < -0.39 is 0 Å². The third kappa shape index (κ3) is 5.34. The van der Waals surface area contributed by atoms with E-state index in [4.69, 9.17) is 4.74 Å². The Morgan fingerprint density at radius 3 is 2.50 bits per heavy atom. The normalized spacial score (nSPS) is 11.8. The van der Waals surface area contributed by atoms with E-state index in [0.29, 0.717) is 24.9 Å². The molecule has 0 aliphatic heterocycles. The number of rotatable bonds is 9. The zero-order chi connectivity index (χ0) is 23.9. The van der Waals surface area contributed by atoms with E-state index in [0.717, 1.165) is 22.4 Å². The van der Waals surface area contributed by atoms with Crippen LogP contribution in [0, 0.1) is 0 Å². The van der Waals surface area contributed by atoms with Crippen LogP contribution in [0.4, 0.5) is 0 Å². The maximum absolute atomic E-state index is 13.5. The summed E-state index contributed by atoms with van der Waals surface area (Å²) in [5.74, 6) is 0.862. The van der Waals surface area contributed by atoms with E-state index in [-0.39, 0.29) is 23.8 Å². The van der Waals surface area contributed by atoms with E-state index in [1.165, 1.54) is 6.20 Å². The van der Waals surface area contributed by atoms with Crippen molar-refractivity contribution in [2.24, 2.45) is 0 Å². The molecule has 1 aromatic heterocycles. The molecule has 3 aromatic carbocycles. The van der Waals surface area contributed by atoms with Crippen LogP contribution < -0.4 is 10.2 Å². The standard InChI is InChI=1S/C28H29N3O3/c1-21(18-23-12-6-9-15-27(23)34-2)30(20-22-10-4-3-5-11-22)28(33)16-17-31-25-14-8-7-13-24(25)26(32)19-29-31/h3-15,19,21H,16-18,20H2,1-2H3. The molecule has 0 N–H and O–H groups in total. The van der Waals surface area contributed by atoms with Gasteiger partial charge in [0.05, 0.1) is 25.4 Å². The molecule has 0 spiro atoms. The molecule has 0 bridgehead atoms. The lowest BCUT2D eigenvalue weighted by atomic mass is 10.0. The van der Waals surface area contributed by atoms with Crippen molar-refractivity contribution in [1.29, 1.82) is 0 Å². The van der Waals surface area contributed by atoms with Crippen molar-refractivity contribution in [1.82, 2.24) is 14.7 Å². The molecule has 0 fully saturated rings. The van der Waals surface area contributed by atoms with E-state index >= 15 is 0 Å². The van der Waals surface area contributed by atoms with Gasteiger partial charge < -0.3 is 9.64 Å². The molecule has 0 saturated heterocycles. The smallest absolute Gasteiger partial charge is 0.224 e. The van der Waals surface area contributed by atoms with Crippen LogP contribution in [0.3, 0.4) is 0 Å². The highest BCUT2D eigenvalue weighted by Crippen LogP contribution is 2.22. The number of carbonyl (C=O) groups is 1. The SMILES string of the molecule is COc1ccccc1CC(C)N(Cc1ccccc1)C(=O)CCn1ncc(=O)c2ccccc21. The van der Waals surface area contributed by atoms with Crippen molar-refractivity contribution in [3.8, 4) is 5.75 Å². The first-order valence-corrected chi connectivity index (χ1v) is 11.5. The number of carbonyl (C=O) groups excluding carboxylic acids is 1. The van der Waals surface area contributed by atoms with Crippen LogP contribution in [0.1, 0.15) is 24.5 Å². The number of fused-ring (bicyclic) bond motifs is 1. The number of aryl methyl sites for hydroxylation is 1. The summed E-state index contributed by atoms with van der Waals surface area (Å²) >= 11 is 0. The van der Waals surface area contributed by atoms with E-state index in [1.807, 2.05) is 77.7 Å². The van der Waals surface area contributed by atoms with Gasteiger partial charge in [-0.25, -0.2) is 0 Å². The minimum Gasteiger partial charge on any atom is -0.496 e. The van der Waals surface area contributed by atoms with Crippen LogP contribution in [-0.4, -0.2) is 33.7 Å². The Morgan fingerprint density at radius 2 is 1.71 bits per heavy atom. The number of para-hydroxylation sites is 2. The molecule has 0 radical (unpaired) electrons. The molecule has 4 rings (SSSR count). The van der Waals surface area contributed by atoms with Gasteiger partial charge in [0.15, 0.2) is 0 Å². The number of benzene rings is 3. The summed E-state index contributed by atoms with van der Waals surface area (Å²) in [4.78, 5) is 27.6. The summed E-state index contributed by atoms with van der Waals surface area (Å²) in [6.07, 6.45) is 2.28. The zero-order valence-electron chi connectivity index (χ0n) is 19.6. The van der Waals surface area contributed by atoms with Gasteiger partial charge in [-0.1, -0.05) is 60.7 Å². The molecule has 6 heteroatoms. The predicted molar refractivity (Wildman–Crippen MR) is 134 cm³/mol. The van der Waals surface area contributed by atoms with Gasteiger partial charge in [0.2, 0.25) is 11.3 Å². The maximum atomic E-state index is 13.5. The third-order valence-corrected chi connectivity index (χ3v) is 6.06. The van der Waals surface area contributed by atoms with Crippen molar-refractivity contribution < 1.29 is 9.53 Å². The van der Waals surface area contributed by atoms with E-state index in [2.05, 4.69) is 12.0 Å². The number of hydrogen-bond donors (Lipinski definition) is 0. The number of ether oxygens (including phenoxy) is 1. The van der Waals surface area contributed by atoms with Crippen LogP contribution in [-0.2, 0) is 24.3 Å². The number of amides is 1. The fourth-order valence-corrected chi connectivity index (χ4v) is 4.25. The van der Waals surface area contributed by atoms with Gasteiger partial charge in [0, 0.05) is 24.4 Å². The first kappa shape index (κ1) is 23.2. The molecule has 34 heavy (non-hydrogen) atoms. The second kappa shape index (κ2) is 10.8. The van der Waals surface area contributed by atoms with Gasteiger partial charge in [-0.2, -0.15) is 5.10 Å². The maximum Gasteiger partial charge on any atom is 0.224 e. The van der Waals surface area contributed by atoms with Crippen LogP contribution in [0.25, 0.3) is 10.9 Å². The molecule has 0 aliphatic carbocycles. The number of nitrogens with zero attached hydrogens (tertiary/aromatic N) is 3. The van der Waals surface area contributed by atoms with Crippen molar-refractivity contribution >= 4 is 16.8 Å². The fraction of sp³-hybridized carbons (Fsp3) is 0.250. The molecule has 4 aromatic rings. The van der Waals surface area contributed by atoms with Gasteiger partial charge in [-0.3, -0.25) is 14.3 Å². The summed E-state index contributed by atoms with van der Waals surface area (Å²) in [5.41, 5.74) is 2.76. The molecule has 6 nitrogen and oxygen atoms in total. The Kier molecular flexibility index (Phi) is 7.38. The molecule has 1 atom stereocenters. The third-order valence-electron chi connectivity index (χ3n) is 6.06. The van der Waals surface area contributed by atoms with Gasteiger partial charge in [-0.15, -0.1) is 0 Å². The Bertz CT molecular complexity index is 1320. The topological polar surface area (TPSA) is 64.4 Å². The van der Waals surface area contributed by atoms with Crippen molar-refractivity contribution in [2.45, 2.75) is 38.9 Å². The lowest BCUT2D eigenvalue weighted by Crippen LogP contribution is -2.40. The summed E-state index contributed by atoms with van der Waals surface area (Å²) in [7, 11) is 1.66. The quantitative estimate of drug-likeness (QED) is 0.374. The Labute approximate surface area is 199 Å². The number of aromatic nitrogens is 2. The van der Waals surface area contributed by atoms with Crippen LogP contribution >= 0.6 is 0 Å². The van der Waals surface area contributed by atoms with Gasteiger partial charge in [-0.05, 0) is 42.7 Å². The largest absolute Gasteiger partial charge is 0.496 e. The minimum absolute atomic E-state index is 0.0378.